The topological polar surface area (TPSA) is 79.0 Å². The molecular weight excluding hydrogens is 406 g/mol. The molecule has 0 aliphatic carbocycles. The molecule has 0 spiro atoms. The van der Waals surface area contributed by atoms with Crippen molar-refractivity contribution in [3.05, 3.63) is 71.3 Å². The van der Waals surface area contributed by atoms with E-state index < -0.39 is 5.60 Å². The largest absolute Gasteiger partial charge is 0.444 e. The Morgan fingerprint density at radius 1 is 0.844 bits per heavy atom. The van der Waals surface area contributed by atoms with Crippen LogP contribution in [0.3, 0.4) is 0 Å². The zero-order valence-electron chi connectivity index (χ0n) is 19.0. The van der Waals surface area contributed by atoms with Gasteiger partial charge in [-0.05, 0) is 57.0 Å². The van der Waals surface area contributed by atoms with E-state index >= 15 is 0 Å². The summed E-state index contributed by atoms with van der Waals surface area (Å²) in [5, 5.41) is 2.88. The van der Waals surface area contributed by atoms with Crippen LogP contribution in [0.2, 0.25) is 0 Å². The Morgan fingerprint density at radius 2 is 1.47 bits per heavy atom. The Bertz CT molecular complexity index is 936. The molecule has 3 rings (SSSR count). The molecule has 170 valence electrons. The molecule has 7 nitrogen and oxygen atoms in total. The van der Waals surface area contributed by atoms with Crippen molar-refractivity contribution in [2.45, 2.75) is 39.3 Å². The van der Waals surface area contributed by atoms with Gasteiger partial charge in [0.05, 0.1) is 0 Å². The van der Waals surface area contributed by atoms with Gasteiger partial charge in [0.2, 0.25) is 0 Å². The molecule has 1 saturated heterocycles. The third kappa shape index (κ3) is 6.57. The van der Waals surface area contributed by atoms with Crippen LogP contribution in [0.5, 0.6) is 0 Å². The highest BCUT2D eigenvalue weighted by molar-refractivity contribution is 5.95. The lowest BCUT2D eigenvalue weighted by Crippen LogP contribution is -2.40. The average molecular weight is 438 g/mol. The number of rotatable bonds is 4. The van der Waals surface area contributed by atoms with Gasteiger partial charge in [-0.15, -0.1) is 0 Å². The lowest BCUT2D eigenvalue weighted by atomic mass is 10.1. The van der Waals surface area contributed by atoms with Gasteiger partial charge >= 0.3 is 6.09 Å². The smallest absolute Gasteiger partial charge is 0.410 e. The third-order valence-corrected chi connectivity index (χ3v) is 5.12. The molecule has 0 unspecified atom stereocenters. The van der Waals surface area contributed by atoms with Gasteiger partial charge < -0.3 is 19.9 Å². The maximum absolute atomic E-state index is 12.9. The van der Waals surface area contributed by atoms with Crippen LogP contribution in [-0.2, 0) is 11.3 Å². The Balaban J connectivity index is 1.53. The van der Waals surface area contributed by atoms with Crippen LogP contribution in [0.15, 0.2) is 54.6 Å². The molecule has 1 heterocycles. The number of hydrogen-bond acceptors (Lipinski definition) is 4. The van der Waals surface area contributed by atoms with E-state index in [0.29, 0.717) is 50.3 Å². The van der Waals surface area contributed by atoms with E-state index in [2.05, 4.69) is 5.32 Å². The lowest BCUT2D eigenvalue weighted by molar-refractivity contribution is 0.0255. The number of nitrogens with zero attached hydrogens (tertiary/aromatic N) is 2. The van der Waals surface area contributed by atoms with Crippen LogP contribution in [0.25, 0.3) is 0 Å². The highest BCUT2D eigenvalue weighted by atomic mass is 16.6. The Morgan fingerprint density at radius 3 is 2.12 bits per heavy atom. The first-order valence-electron chi connectivity index (χ1n) is 10.9. The molecule has 2 aromatic rings. The summed E-state index contributed by atoms with van der Waals surface area (Å²) < 4.78 is 5.45. The molecule has 0 saturated carbocycles. The van der Waals surface area contributed by atoms with E-state index in [1.165, 1.54) is 0 Å². The molecule has 3 amide bonds. The number of benzene rings is 2. The number of amides is 3. The van der Waals surface area contributed by atoms with Crippen LogP contribution in [0.4, 0.5) is 4.79 Å². The Hall–Kier alpha value is -3.35. The van der Waals surface area contributed by atoms with E-state index in [9.17, 15) is 14.4 Å². The van der Waals surface area contributed by atoms with Gasteiger partial charge in [0.1, 0.15) is 5.60 Å². The van der Waals surface area contributed by atoms with Gasteiger partial charge in [-0.25, -0.2) is 4.79 Å². The van der Waals surface area contributed by atoms with Gasteiger partial charge in [0.15, 0.2) is 0 Å². The maximum atomic E-state index is 12.9. The summed E-state index contributed by atoms with van der Waals surface area (Å²) in [6.07, 6.45) is 0.364. The zero-order valence-corrected chi connectivity index (χ0v) is 19.0. The van der Waals surface area contributed by atoms with Crippen LogP contribution in [-0.4, -0.2) is 59.5 Å². The van der Waals surface area contributed by atoms with Gasteiger partial charge in [0, 0.05) is 43.9 Å². The minimum absolute atomic E-state index is 0.0593. The van der Waals surface area contributed by atoms with E-state index in [1.54, 1.807) is 34.1 Å². The van der Waals surface area contributed by atoms with Crippen LogP contribution in [0, 0.1) is 0 Å². The summed E-state index contributed by atoms with van der Waals surface area (Å²) in [5.74, 6) is -0.194. The SMILES string of the molecule is CC(C)(C)OC(=O)N1CCCN(C(=O)c2ccc(CNC(=O)c3ccccc3)cc2)CC1. The van der Waals surface area contributed by atoms with E-state index in [-0.39, 0.29) is 17.9 Å². The molecule has 7 heteroatoms. The van der Waals surface area contributed by atoms with Crippen molar-refractivity contribution >= 4 is 17.9 Å². The highest BCUT2D eigenvalue weighted by Gasteiger charge is 2.26. The minimum Gasteiger partial charge on any atom is -0.444 e. The summed E-state index contributed by atoms with van der Waals surface area (Å²) in [6.45, 7) is 7.99. The quantitative estimate of drug-likeness (QED) is 0.791. The second kappa shape index (κ2) is 10.3. The molecule has 1 aliphatic rings. The maximum Gasteiger partial charge on any atom is 0.410 e. The summed E-state index contributed by atoms with van der Waals surface area (Å²) in [4.78, 5) is 40.9. The third-order valence-electron chi connectivity index (χ3n) is 5.12. The number of hydrogen-bond donors (Lipinski definition) is 1. The van der Waals surface area contributed by atoms with Crippen LogP contribution >= 0.6 is 0 Å². The summed E-state index contributed by atoms with van der Waals surface area (Å²) >= 11 is 0. The Labute approximate surface area is 189 Å². The molecular formula is C25H31N3O4. The van der Waals surface area contributed by atoms with E-state index in [0.717, 1.165) is 5.56 Å². The van der Waals surface area contributed by atoms with Crippen LogP contribution in [0.1, 0.15) is 53.5 Å². The predicted molar refractivity (Wildman–Crippen MR) is 122 cm³/mol. The van der Waals surface area contributed by atoms with Gasteiger partial charge in [0.25, 0.3) is 11.8 Å². The van der Waals surface area contributed by atoms with Crippen molar-refractivity contribution in [1.29, 1.82) is 0 Å². The number of ether oxygens (including phenoxy) is 1. The number of carbonyl (C=O) groups excluding carboxylic acids is 3. The fourth-order valence-electron chi connectivity index (χ4n) is 3.45. The van der Waals surface area contributed by atoms with Crippen molar-refractivity contribution in [1.82, 2.24) is 15.1 Å². The van der Waals surface area contributed by atoms with Gasteiger partial charge in [-0.2, -0.15) is 0 Å². The average Bonchev–Trinajstić information content (AvgIpc) is 3.03. The standard InChI is InChI=1S/C25H31N3O4/c1-25(2,3)32-24(31)28-15-7-14-27(16-17-28)23(30)21-12-10-19(11-13-21)18-26-22(29)20-8-5-4-6-9-20/h4-6,8-13H,7,14-18H2,1-3H3,(H,26,29). The van der Waals surface area contributed by atoms with Gasteiger partial charge in [-0.3, -0.25) is 9.59 Å². The normalized spacial score (nSPS) is 14.5. The summed E-state index contributed by atoms with van der Waals surface area (Å²) in [7, 11) is 0. The molecule has 0 radical (unpaired) electrons. The predicted octanol–water partition coefficient (Wildman–Crippen LogP) is 3.70. The van der Waals surface area contributed by atoms with Crippen molar-refractivity contribution in [2.24, 2.45) is 0 Å². The first-order valence-corrected chi connectivity index (χ1v) is 10.9. The van der Waals surface area contributed by atoms with Crippen molar-refractivity contribution in [3.63, 3.8) is 0 Å². The van der Waals surface area contributed by atoms with Gasteiger partial charge in [-0.1, -0.05) is 30.3 Å². The second-order valence-electron chi connectivity index (χ2n) is 8.86. The van der Waals surface area contributed by atoms with Crippen molar-refractivity contribution < 1.29 is 19.1 Å². The lowest BCUT2D eigenvalue weighted by Gasteiger charge is -2.26. The monoisotopic (exact) mass is 437 g/mol. The first-order chi connectivity index (χ1) is 15.2. The van der Waals surface area contributed by atoms with Crippen molar-refractivity contribution in [2.75, 3.05) is 26.2 Å². The minimum atomic E-state index is -0.540. The molecule has 1 aliphatic heterocycles. The summed E-state index contributed by atoms with van der Waals surface area (Å²) in [5.41, 5.74) is 1.58. The molecule has 0 atom stereocenters. The molecule has 0 bridgehead atoms. The van der Waals surface area contributed by atoms with Crippen molar-refractivity contribution in [3.8, 4) is 0 Å². The molecule has 0 aromatic heterocycles. The molecule has 1 fully saturated rings. The van der Waals surface area contributed by atoms with Crippen LogP contribution < -0.4 is 5.32 Å². The summed E-state index contributed by atoms with van der Waals surface area (Å²) in [6, 6.07) is 16.3. The molecule has 1 N–H and O–H groups in total. The fourth-order valence-corrected chi connectivity index (χ4v) is 3.45. The number of nitrogens with one attached hydrogen (secondary N) is 1. The zero-order chi connectivity index (χ0) is 23.1. The number of carbonyl (C=O) groups is 3. The molecule has 32 heavy (non-hydrogen) atoms. The van der Waals surface area contributed by atoms with E-state index in [1.807, 2.05) is 51.1 Å². The second-order valence-corrected chi connectivity index (χ2v) is 8.86. The highest BCUT2D eigenvalue weighted by Crippen LogP contribution is 2.14. The molecule has 2 aromatic carbocycles. The fraction of sp³-hybridized carbons (Fsp3) is 0.400. The first kappa shape index (κ1) is 23.3. The van der Waals surface area contributed by atoms with E-state index in [4.69, 9.17) is 4.74 Å². The Kier molecular flexibility index (Phi) is 7.51.